The Kier molecular flexibility index (Phi) is 10.8. The zero-order valence-corrected chi connectivity index (χ0v) is 28.9. The van der Waals surface area contributed by atoms with Crippen LogP contribution in [-0.4, -0.2) is 44.6 Å². The van der Waals surface area contributed by atoms with Crippen molar-refractivity contribution in [1.82, 2.24) is 15.3 Å². The average Bonchev–Trinajstić information content (AvgIpc) is 3.57. The van der Waals surface area contributed by atoms with Gasteiger partial charge in [-0.25, -0.2) is 15.0 Å². The highest BCUT2D eigenvalue weighted by Crippen LogP contribution is 2.41. The van der Waals surface area contributed by atoms with Crippen LogP contribution in [0.25, 0.3) is 17.0 Å². The highest BCUT2D eigenvalue weighted by Gasteiger charge is 2.28. The van der Waals surface area contributed by atoms with Gasteiger partial charge >= 0.3 is 5.97 Å². The summed E-state index contributed by atoms with van der Waals surface area (Å²) in [5.41, 5.74) is 3.81. The van der Waals surface area contributed by atoms with E-state index in [1.54, 1.807) is 6.07 Å². The fraction of sp³-hybridized carbons (Fsp3) is 0.474. The molecule has 3 aromatic rings. The van der Waals surface area contributed by atoms with Gasteiger partial charge in [0.05, 0.1) is 4.88 Å². The van der Waals surface area contributed by atoms with Crippen molar-refractivity contribution in [2.75, 3.05) is 0 Å². The summed E-state index contributed by atoms with van der Waals surface area (Å²) < 4.78 is 0. The largest absolute Gasteiger partial charge is 0.480 e. The Labute approximate surface area is 281 Å². The van der Waals surface area contributed by atoms with Crippen molar-refractivity contribution in [2.45, 2.75) is 97.4 Å². The van der Waals surface area contributed by atoms with Crippen LogP contribution >= 0.6 is 11.3 Å². The molecule has 1 aromatic carbocycles. The average molecular weight is 655 g/mol. The minimum absolute atomic E-state index is 0.0521. The van der Waals surface area contributed by atoms with E-state index in [1.807, 2.05) is 42.7 Å². The maximum absolute atomic E-state index is 13.1. The Hall–Kier alpha value is -3.98. The molecule has 0 bridgehead atoms. The van der Waals surface area contributed by atoms with Crippen LogP contribution in [0.2, 0.25) is 0 Å². The molecule has 1 fully saturated rings. The van der Waals surface area contributed by atoms with Crippen molar-refractivity contribution in [3.63, 3.8) is 0 Å². The number of nitrogens with zero attached hydrogens (tertiary/aromatic N) is 3. The van der Waals surface area contributed by atoms with Gasteiger partial charge in [-0.1, -0.05) is 70.9 Å². The monoisotopic (exact) mass is 654 g/mol. The van der Waals surface area contributed by atoms with Gasteiger partial charge in [-0.3, -0.25) is 14.4 Å². The van der Waals surface area contributed by atoms with E-state index >= 15 is 0 Å². The molecule has 2 amide bonds. The Balaban J connectivity index is 1.26. The third kappa shape index (κ3) is 8.89. The summed E-state index contributed by atoms with van der Waals surface area (Å²) in [6.45, 7) is 9.93. The van der Waals surface area contributed by atoms with Gasteiger partial charge in [0.2, 0.25) is 0 Å². The van der Waals surface area contributed by atoms with Gasteiger partial charge in [-0.15, -0.1) is 11.3 Å². The van der Waals surface area contributed by atoms with Gasteiger partial charge in [0.25, 0.3) is 11.8 Å². The van der Waals surface area contributed by atoms with Crippen molar-refractivity contribution in [2.24, 2.45) is 22.7 Å². The Morgan fingerprint density at radius 1 is 0.957 bits per heavy atom. The number of aliphatic carboxylic acids is 1. The summed E-state index contributed by atoms with van der Waals surface area (Å²) >= 11 is 1.34. The molecule has 9 heteroatoms. The zero-order valence-electron chi connectivity index (χ0n) is 28.1. The van der Waals surface area contributed by atoms with Crippen molar-refractivity contribution in [1.29, 1.82) is 0 Å². The number of carbonyl (C=O) groups is 3. The minimum atomic E-state index is -1.18. The molecule has 248 valence electrons. The summed E-state index contributed by atoms with van der Waals surface area (Å²) in [6.07, 6.45) is 15.2. The molecule has 2 N–H and O–H groups in total. The second kappa shape index (κ2) is 14.8. The van der Waals surface area contributed by atoms with Crippen LogP contribution in [0.3, 0.4) is 0 Å². The number of allylic oxidation sites excluding steroid dienone is 2. The molecule has 0 radical (unpaired) electrons. The molecule has 2 atom stereocenters. The predicted octanol–water partition coefficient (Wildman–Crippen LogP) is 7.93. The van der Waals surface area contributed by atoms with Crippen molar-refractivity contribution >= 4 is 40.4 Å². The lowest BCUT2D eigenvalue weighted by atomic mass is 9.71. The number of thiophene rings is 1. The van der Waals surface area contributed by atoms with Crippen LogP contribution in [-0.2, 0) is 21.4 Å². The summed E-state index contributed by atoms with van der Waals surface area (Å²) in [6, 6.07) is 9.93. The summed E-state index contributed by atoms with van der Waals surface area (Å²) in [5.74, 6) is 0.767. The highest BCUT2D eigenvalue weighted by molar-refractivity contribution is 7.14. The summed E-state index contributed by atoms with van der Waals surface area (Å²) in [5, 5.41) is 11.7. The molecule has 0 aliphatic heterocycles. The lowest BCUT2D eigenvalue weighted by Gasteiger charge is -2.34. The van der Waals surface area contributed by atoms with Crippen LogP contribution in [0.1, 0.15) is 105 Å². The van der Waals surface area contributed by atoms with Gasteiger partial charge in [-0.05, 0) is 85.5 Å². The number of hydrogen-bond acceptors (Lipinski definition) is 6. The van der Waals surface area contributed by atoms with E-state index in [-0.39, 0.29) is 17.5 Å². The number of amides is 2. The smallest absolute Gasteiger partial charge is 0.325 e. The van der Waals surface area contributed by atoms with E-state index in [0.717, 1.165) is 52.2 Å². The number of benzene rings is 1. The van der Waals surface area contributed by atoms with Gasteiger partial charge in [0, 0.05) is 34.8 Å². The number of rotatable bonds is 9. The minimum Gasteiger partial charge on any atom is -0.480 e. The SMILES string of the molecule is CC1CCC(C2CC=C(c3cnc(-c4ccc(CC(=NC(=O)c5ccc(C(C)(C)C)s5)C(=O)N[C@H](C)C(=O)O)cc4)nc3)CC2)CC1. The molecular formula is C38H46N4O4S. The number of aliphatic imine (C=N–C) groups is 1. The van der Waals surface area contributed by atoms with Crippen LogP contribution in [0.15, 0.2) is 59.9 Å². The number of carboxylic acid groups (broad SMARTS) is 1. The number of carbonyl (C=O) groups excluding carboxylic acids is 2. The Morgan fingerprint density at radius 3 is 2.21 bits per heavy atom. The fourth-order valence-electron chi connectivity index (χ4n) is 6.46. The number of hydrogen-bond donors (Lipinski definition) is 2. The second-order valence-electron chi connectivity index (χ2n) is 14.3. The Bertz CT molecular complexity index is 1640. The first kappa shape index (κ1) is 34.4. The summed E-state index contributed by atoms with van der Waals surface area (Å²) in [4.78, 5) is 52.5. The van der Waals surface area contributed by atoms with E-state index in [9.17, 15) is 19.5 Å². The normalized spacial score (nSPS) is 21.1. The quantitative estimate of drug-likeness (QED) is 0.226. The highest BCUT2D eigenvalue weighted by atomic mass is 32.1. The van der Waals surface area contributed by atoms with Crippen LogP contribution < -0.4 is 5.32 Å². The van der Waals surface area contributed by atoms with Crippen LogP contribution in [0.4, 0.5) is 0 Å². The molecule has 2 heterocycles. The molecule has 8 nitrogen and oxygen atoms in total. The topological polar surface area (TPSA) is 122 Å². The first-order valence-corrected chi connectivity index (χ1v) is 17.6. The van der Waals surface area contributed by atoms with Gasteiger partial charge in [0.1, 0.15) is 11.8 Å². The zero-order chi connectivity index (χ0) is 33.7. The van der Waals surface area contributed by atoms with Crippen molar-refractivity contribution < 1.29 is 19.5 Å². The van der Waals surface area contributed by atoms with E-state index in [0.29, 0.717) is 10.7 Å². The van der Waals surface area contributed by atoms with Crippen LogP contribution in [0.5, 0.6) is 0 Å². The molecule has 2 aliphatic rings. The molecule has 0 spiro atoms. The molecule has 2 aliphatic carbocycles. The van der Waals surface area contributed by atoms with E-state index < -0.39 is 23.8 Å². The van der Waals surface area contributed by atoms with Gasteiger partial charge < -0.3 is 10.4 Å². The van der Waals surface area contributed by atoms with Crippen molar-refractivity contribution in [3.8, 4) is 11.4 Å². The maximum Gasteiger partial charge on any atom is 0.325 e. The second-order valence-corrected chi connectivity index (χ2v) is 15.3. The lowest BCUT2D eigenvalue weighted by Crippen LogP contribution is -2.42. The Morgan fingerprint density at radius 2 is 1.64 bits per heavy atom. The molecule has 2 aromatic heterocycles. The first-order valence-electron chi connectivity index (χ1n) is 16.7. The molecule has 1 unspecified atom stereocenters. The molecule has 0 saturated heterocycles. The molecule has 47 heavy (non-hydrogen) atoms. The van der Waals surface area contributed by atoms with E-state index in [2.05, 4.69) is 54.0 Å². The van der Waals surface area contributed by atoms with Crippen LogP contribution in [0, 0.1) is 17.8 Å². The van der Waals surface area contributed by atoms with E-state index in [4.69, 9.17) is 0 Å². The standard InChI is InChI=1S/C38H46N4O4S/c1-23-6-10-26(11-7-23)27-14-16-28(17-15-27)30-21-39-34(40-22-30)29-12-8-25(9-13-29)20-31(35(43)41-24(2)37(45)46)42-36(44)32-18-19-33(47-32)38(3,4)5/h8-9,12-13,16,18-19,21-24,26-27H,6-7,10-11,14-15,17,20H2,1-5H3,(H,41,43)(H,45,46)/t23?,24-,26?,27?/m1/s1. The number of nitrogens with one attached hydrogen (secondary N) is 1. The predicted molar refractivity (Wildman–Crippen MR) is 188 cm³/mol. The third-order valence-corrected chi connectivity index (χ3v) is 11.1. The molecule has 1 saturated carbocycles. The number of aromatic nitrogens is 2. The maximum atomic E-state index is 13.1. The van der Waals surface area contributed by atoms with E-state index in [1.165, 1.54) is 55.9 Å². The molecular weight excluding hydrogens is 609 g/mol. The van der Waals surface area contributed by atoms with Gasteiger partial charge in [0.15, 0.2) is 5.82 Å². The molecule has 5 rings (SSSR count). The number of carboxylic acids is 1. The summed E-state index contributed by atoms with van der Waals surface area (Å²) in [7, 11) is 0. The fourth-order valence-corrected chi connectivity index (χ4v) is 7.40. The lowest BCUT2D eigenvalue weighted by molar-refractivity contribution is -0.140. The third-order valence-electron chi connectivity index (χ3n) is 9.56. The van der Waals surface area contributed by atoms with Crippen molar-refractivity contribution in [3.05, 3.63) is 75.7 Å². The van der Waals surface area contributed by atoms with Gasteiger partial charge in [-0.2, -0.15) is 0 Å². The first-order chi connectivity index (χ1) is 22.4.